The zero-order valence-corrected chi connectivity index (χ0v) is 14.0. The molecule has 0 N–H and O–H groups in total. The van der Waals surface area contributed by atoms with Crippen molar-refractivity contribution in [3.63, 3.8) is 0 Å². The first kappa shape index (κ1) is 16.1. The van der Waals surface area contributed by atoms with E-state index in [-0.39, 0.29) is 0 Å². The molecule has 0 spiro atoms. The van der Waals surface area contributed by atoms with Crippen LogP contribution in [0.5, 0.6) is 0 Å². The van der Waals surface area contributed by atoms with Crippen molar-refractivity contribution < 1.29 is 4.52 Å². The van der Waals surface area contributed by atoms with Crippen LogP contribution < -0.4 is 0 Å². The molecule has 1 aromatic carbocycles. The molecule has 3 heteroatoms. The zero-order valence-electron chi connectivity index (χ0n) is 12.9. The number of nitrogens with zero attached hydrogens (tertiary/aromatic N) is 1. The normalized spacial score (nSPS) is 11.0. The molecule has 0 saturated heterocycles. The molecule has 0 radical (unpaired) electrons. The number of aryl methyl sites for hydroxylation is 1. The van der Waals surface area contributed by atoms with Crippen molar-refractivity contribution in [2.24, 2.45) is 5.92 Å². The fourth-order valence-electron chi connectivity index (χ4n) is 2.39. The molecular weight excluding hydrogens is 277 g/mol. The second-order valence-electron chi connectivity index (χ2n) is 5.82. The van der Waals surface area contributed by atoms with Crippen molar-refractivity contribution in [3.05, 3.63) is 53.7 Å². The molecule has 1 heterocycles. The van der Waals surface area contributed by atoms with Gasteiger partial charge in [0.05, 0.1) is 12.3 Å². The molecule has 1 unspecified atom stereocenters. The van der Waals surface area contributed by atoms with E-state index >= 15 is 0 Å². The Bertz CT molecular complexity index is 534. The summed E-state index contributed by atoms with van der Waals surface area (Å²) in [5.41, 5.74) is 4.87. The van der Waals surface area contributed by atoms with Crippen LogP contribution in [0.3, 0.4) is 0 Å². The largest absolute Gasteiger partial charge is 0.366 e. The molecule has 2 rings (SSSR count). The van der Waals surface area contributed by atoms with Crippen molar-refractivity contribution in [1.82, 2.24) is 4.98 Å². The fourth-order valence-corrected chi connectivity index (χ4v) is 2.56. The summed E-state index contributed by atoms with van der Waals surface area (Å²) in [6.07, 6.45) is 5.18. The van der Waals surface area contributed by atoms with Crippen LogP contribution in [-0.2, 0) is 17.4 Å². The van der Waals surface area contributed by atoms with Gasteiger partial charge in [-0.3, -0.25) is 4.98 Å². The summed E-state index contributed by atoms with van der Waals surface area (Å²) >= 11 is 0. The first-order valence-electron chi connectivity index (χ1n) is 7.55. The van der Waals surface area contributed by atoms with Gasteiger partial charge in [0.2, 0.25) is 0 Å². The third kappa shape index (κ3) is 5.22. The summed E-state index contributed by atoms with van der Waals surface area (Å²) < 4.78 is 5.00. The number of pyridine rings is 1. The monoisotopic (exact) mass is 301 g/mol. The number of rotatable bonds is 7. The van der Waals surface area contributed by atoms with E-state index in [9.17, 15) is 0 Å². The lowest BCUT2D eigenvalue weighted by Crippen LogP contribution is -1.95. The second kappa shape index (κ2) is 8.26. The van der Waals surface area contributed by atoms with Crippen LogP contribution in [-0.4, -0.2) is 11.6 Å². The summed E-state index contributed by atoms with van der Waals surface area (Å²) in [4.78, 5) is 4.58. The van der Waals surface area contributed by atoms with Crippen LogP contribution in [0.2, 0.25) is 0 Å². The van der Waals surface area contributed by atoms with E-state index in [4.69, 9.17) is 4.52 Å². The molecule has 0 aliphatic heterocycles. The Kier molecular flexibility index (Phi) is 6.35. The van der Waals surface area contributed by atoms with Crippen molar-refractivity contribution in [3.8, 4) is 11.3 Å². The summed E-state index contributed by atoms with van der Waals surface area (Å²) in [6, 6.07) is 13.0. The van der Waals surface area contributed by atoms with Gasteiger partial charge in [-0.2, -0.15) is 0 Å². The van der Waals surface area contributed by atoms with Crippen molar-refractivity contribution in [2.75, 3.05) is 6.61 Å². The molecule has 0 aliphatic rings. The quantitative estimate of drug-likeness (QED) is 0.547. The van der Waals surface area contributed by atoms with Crippen LogP contribution in [0.25, 0.3) is 11.3 Å². The van der Waals surface area contributed by atoms with E-state index in [1.165, 1.54) is 16.7 Å². The lowest BCUT2D eigenvalue weighted by molar-refractivity contribution is 0.363. The molecule has 0 aliphatic carbocycles. The highest BCUT2D eigenvalue weighted by atomic mass is 31.0. The Balaban J connectivity index is 2.01. The average molecular weight is 301 g/mol. The molecule has 0 bridgehead atoms. The van der Waals surface area contributed by atoms with Crippen LogP contribution in [0.4, 0.5) is 0 Å². The van der Waals surface area contributed by atoms with Gasteiger partial charge in [0.15, 0.2) is 0 Å². The predicted octanol–water partition coefficient (Wildman–Crippen LogP) is 4.69. The number of hydrogen-bond donors (Lipinski definition) is 0. The topological polar surface area (TPSA) is 22.1 Å². The lowest BCUT2D eigenvalue weighted by atomic mass is 10.0. The third-order valence-electron chi connectivity index (χ3n) is 3.45. The summed E-state index contributed by atoms with van der Waals surface area (Å²) in [5, 5.41) is 0. The predicted molar refractivity (Wildman–Crippen MR) is 92.2 cm³/mol. The van der Waals surface area contributed by atoms with Crippen LogP contribution in [0.1, 0.15) is 31.4 Å². The van der Waals surface area contributed by atoms with Crippen LogP contribution in [0.15, 0.2) is 42.6 Å². The van der Waals surface area contributed by atoms with Crippen LogP contribution >= 0.6 is 9.47 Å². The molecule has 1 aromatic heterocycles. The lowest BCUT2D eigenvalue weighted by Gasteiger charge is -2.07. The first-order chi connectivity index (χ1) is 10.2. The van der Waals surface area contributed by atoms with Gasteiger partial charge in [0.25, 0.3) is 0 Å². The second-order valence-corrected chi connectivity index (χ2v) is 6.15. The Hall–Kier alpha value is -1.24. The average Bonchev–Trinajstić information content (AvgIpc) is 2.49. The molecule has 2 aromatic rings. The summed E-state index contributed by atoms with van der Waals surface area (Å²) in [7, 11) is 2.29. The molecule has 1 atom stereocenters. The molecule has 2 nitrogen and oxygen atoms in total. The molecule has 21 heavy (non-hydrogen) atoms. The number of hydrogen-bond acceptors (Lipinski definition) is 2. The summed E-state index contributed by atoms with van der Waals surface area (Å²) in [5.74, 6) is 0.669. The minimum Gasteiger partial charge on any atom is -0.366 e. The van der Waals surface area contributed by atoms with Gasteiger partial charge in [0.1, 0.15) is 0 Å². The van der Waals surface area contributed by atoms with Gasteiger partial charge >= 0.3 is 0 Å². The van der Waals surface area contributed by atoms with E-state index in [0.717, 1.165) is 31.6 Å². The van der Waals surface area contributed by atoms with Crippen molar-refractivity contribution in [2.45, 2.75) is 33.1 Å². The number of aromatic nitrogens is 1. The van der Waals surface area contributed by atoms with Gasteiger partial charge in [-0.15, -0.1) is 0 Å². The Morgan fingerprint density at radius 1 is 1.05 bits per heavy atom. The fraction of sp³-hybridized carbons (Fsp3) is 0.389. The Morgan fingerprint density at radius 2 is 1.76 bits per heavy atom. The SMILES string of the molecule is CC(C)Cc1ccc(-c2ccc(CCCOP)cc2)nc1. The van der Waals surface area contributed by atoms with E-state index in [1.807, 2.05) is 6.20 Å². The van der Waals surface area contributed by atoms with Gasteiger partial charge in [0, 0.05) is 21.2 Å². The molecule has 112 valence electrons. The highest BCUT2D eigenvalue weighted by molar-refractivity contribution is 7.09. The highest BCUT2D eigenvalue weighted by Crippen LogP contribution is 2.19. The Morgan fingerprint density at radius 3 is 2.33 bits per heavy atom. The maximum atomic E-state index is 5.00. The van der Waals surface area contributed by atoms with E-state index in [0.29, 0.717) is 5.92 Å². The standard InChI is InChI=1S/C18H24NOP/c1-14(2)12-16-7-10-18(19-13-16)17-8-5-15(6-9-17)4-3-11-20-21/h5-10,13-14H,3-4,11-12,21H2,1-2H3. The minimum atomic E-state index is 0.669. The van der Waals surface area contributed by atoms with E-state index in [1.54, 1.807) is 0 Å². The van der Waals surface area contributed by atoms with Crippen molar-refractivity contribution in [1.29, 1.82) is 0 Å². The van der Waals surface area contributed by atoms with Gasteiger partial charge < -0.3 is 4.52 Å². The smallest absolute Gasteiger partial charge is 0.0702 e. The molecule has 0 saturated carbocycles. The third-order valence-corrected chi connectivity index (χ3v) is 3.68. The zero-order chi connectivity index (χ0) is 15.1. The number of benzene rings is 1. The minimum absolute atomic E-state index is 0.669. The maximum Gasteiger partial charge on any atom is 0.0702 e. The van der Waals surface area contributed by atoms with E-state index < -0.39 is 0 Å². The van der Waals surface area contributed by atoms with Gasteiger partial charge in [-0.1, -0.05) is 44.2 Å². The Labute approximate surface area is 130 Å². The molecular formula is C18H24NOP. The highest BCUT2D eigenvalue weighted by Gasteiger charge is 2.02. The molecule has 0 amide bonds. The van der Waals surface area contributed by atoms with E-state index in [2.05, 4.69) is 64.7 Å². The van der Waals surface area contributed by atoms with Crippen LogP contribution in [0, 0.1) is 5.92 Å². The first-order valence-corrected chi connectivity index (χ1v) is 8.02. The van der Waals surface area contributed by atoms with Crippen molar-refractivity contribution >= 4 is 9.47 Å². The van der Waals surface area contributed by atoms with Gasteiger partial charge in [-0.25, -0.2) is 0 Å². The van der Waals surface area contributed by atoms with Gasteiger partial charge in [-0.05, 0) is 42.4 Å². The maximum absolute atomic E-state index is 5.00. The molecule has 0 fully saturated rings. The summed E-state index contributed by atoms with van der Waals surface area (Å²) in [6.45, 7) is 5.25.